The molecule has 0 saturated heterocycles. The van der Waals surface area contributed by atoms with Gasteiger partial charge in [-0.05, 0) is 23.6 Å². The molecular weight excluding hydrogens is 192 g/mol. The second-order valence-corrected chi connectivity index (χ2v) is 3.07. The number of hydrogen-bond acceptors (Lipinski definition) is 2. The Bertz CT molecular complexity index is 444. The number of terminal acetylenes is 1. The van der Waals surface area contributed by atoms with Gasteiger partial charge in [-0.25, -0.2) is 0 Å². The van der Waals surface area contributed by atoms with Crippen molar-refractivity contribution in [2.75, 3.05) is 6.26 Å². The molecule has 0 bridgehead atoms. The highest BCUT2D eigenvalue weighted by Gasteiger charge is 2.02. The van der Waals surface area contributed by atoms with Crippen molar-refractivity contribution in [2.24, 2.45) is 0 Å². The summed E-state index contributed by atoms with van der Waals surface area (Å²) in [5.74, 6) is 5.33. The van der Waals surface area contributed by atoms with Gasteiger partial charge in [0.1, 0.15) is 0 Å². The fourth-order valence-electron chi connectivity index (χ4n) is 1.03. The first-order valence-corrected chi connectivity index (χ1v) is 5.14. The molecule has 0 unspecified atom stereocenters. The summed E-state index contributed by atoms with van der Waals surface area (Å²) in [4.78, 5) is 10.8. The number of carbonyl (C=O) groups excluding carboxylic acids is 1. The van der Waals surface area contributed by atoms with E-state index < -0.39 is 0 Å². The predicted octanol–water partition coefficient (Wildman–Crippen LogP) is 2.15. The highest BCUT2D eigenvalue weighted by molar-refractivity contribution is 8.03. The first-order valence-electron chi connectivity index (χ1n) is 3.92. The lowest BCUT2D eigenvalue weighted by Gasteiger charge is -1.98. The molecule has 0 atom stereocenters. The zero-order valence-electron chi connectivity index (χ0n) is 7.70. The van der Waals surface area contributed by atoms with Crippen molar-refractivity contribution in [3.8, 4) is 23.5 Å². The number of aldehydes is 1. The lowest BCUT2D eigenvalue weighted by atomic mass is 10.0. The van der Waals surface area contributed by atoms with Crippen molar-refractivity contribution >= 4 is 18.0 Å². The summed E-state index contributed by atoms with van der Waals surface area (Å²) in [6, 6.07) is 5.31. The predicted molar refractivity (Wildman–Crippen MR) is 60.2 cm³/mol. The Morgan fingerprint density at radius 2 is 2.14 bits per heavy atom. The van der Waals surface area contributed by atoms with Gasteiger partial charge in [0.25, 0.3) is 0 Å². The normalized spacial score (nSPS) is 8.29. The number of thioether (sulfide) groups is 1. The summed E-state index contributed by atoms with van der Waals surface area (Å²) in [5.41, 5.74) is 1.77. The third-order valence-electron chi connectivity index (χ3n) is 1.67. The van der Waals surface area contributed by atoms with E-state index in [9.17, 15) is 4.79 Å². The van der Waals surface area contributed by atoms with Gasteiger partial charge in [0.2, 0.25) is 0 Å². The van der Waals surface area contributed by atoms with Crippen LogP contribution in [0.15, 0.2) is 18.2 Å². The monoisotopic (exact) mass is 200 g/mol. The van der Waals surface area contributed by atoms with Gasteiger partial charge in [-0.15, -0.1) is 6.42 Å². The molecule has 0 fully saturated rings. The van der Waals surface area contributed by atoms with Crippen LogP contribution in [0.2, 0.25) is 0 Å². The van der Waals surface area contributed by atoms with Crippen LogP contribution >= 0.6 is 11.8 Å². The van der Waals surface area contributed by atoms with Crippen LogP contribution in [0.25, 0.3) is 0 Å². The molecule has 0 aliphatic heterocycles. The Kier molecular flexibility index (Phi) is 3.85. The number of benzene rings is 1. The Hall–Kier alpha value is -1.64. The molecule has 0 saturated carbocycles. The van der Waals surface area contributed by atoms with Crippen molar-refractivity contribution in [1.29, 1.82) is 0 Å². The standard InChI is InChI=1S/C12H8OS/c1-3-10-5-4-6-11(7-8-14-2)12(10)9-13/h1,4-6,9H,2H3. The molecular formula is C12H8OS. The van der Waals surface area contributed by atoms with E-state index in [-0.39, 0.29) is 0 Å². The maximum Gasteiger partial charge on any atom is 0.152 e. The van der Waals surface area contributed by atoms with Crippen LogP contribution in [0.3, 0.4) is 0 Å². The smallest absolute Gasteiger partial charge is 0.152 e. The third kappa shape index (κ3) is 2.19. The van der Waals surface area contributed by atoms with E-state index >= 15 is 0 Å². The molecule has 0 aliphatic rings. The Balaban J connectivity index is 3.31. The topological polar surface area (TPSA) is 17.1 Å². The number of rotatable bonds is 1. The molecule has 0 N–H and O–H groups in total. The summed E-state index contributed by atoms with van der Waals surface area (Å²) in [6.45, 7) is 0. The molecule has 1 rings (SSSR count). The summed E-state index contributed by atoms with van der Waals surface area (Å²) < 4.78 is 0. The van der Waals surface area contributed by atoms with E-state index in [1.54, 1.807) is 18.2 Å². The quantitative estimate of drug-likeness (QED) is 0.510. The highest BCUT2D eigenvalue weighted by atomic mass is 32.2. The molecule has 1 aromatic rings. The van der Waals surface area contributed by atoms with Crippen LogP contribution in [0.4, 0.5) is 0 Å². The van der Waals surface area contributed by atoms with Crippen LogP contribution in [0.5, 0.6) is 0 Å². The van der Waals surface area contributed by atoms with Crippen LogP contribution < -0.4 is 0 Å². The van der Waals surface area contributed by atoms with Gasteiger partial charge in [0.15, 0.2) is 6.29 Å². The van der Waals surface area contributed by atoms with E-state index in [1.165, 1.54) is 11.8 Å². The molecule has 0 spiro atoms. The second kappa shape index (κ2) is 5.17. The van der Waals surface area contributed by atoms with Crippen LogP contribution in [0.1, 0.15) is 21.5 Å². The van der Waals surface area contributed by atoms with Crippen molar-refractivity contribution in [2.45, 2.75) is 0 Å². The number of hydrogen-bond donors (Lipinski definition) is 0. The molecule has 0 radical (unpaired) electrons. The molecule has 1 aromatic carbocycles. The molecule has 0 aromatic heterocycles. The minimum Gasteiger partial charge on any atom is -0.298 e. The van der Waals surface area contributed by atoms with E-state index in [1.807, 2.05) is 6.26 Å². The van der Waals surface area contributed by atoms with Gasteiger partial charge < -0.3 is 0 Å². The Morgan fingerprint density at radius 1 is 1.43 bits per heavy atom. The molecule has 1 nitrogen and oxygen atoms in total. The van der Waals surface area contributed by atoms with Gasteiger partial charge in [-0.3, -0.25) is 4.79 Å². The number of carbonyl (C=O) groups is 1. The van der Waals surface area contributed by atoms with Gasteiger partial charge in [0, 0.05) is 16.7 Å². The summed E-state index contributed by atoms with van der Waals surface area (Å²) in [6.07, 6.45) is 7.88. The van der Waals surface area contributed by atoms with Crippen molar-refractivity contribution in [3.63, 3.8) is 0 Å². The Labute approximate surface area is 87.9 Å². The van der Waals surface area contributed by atoms with E-state index in [0.29, 0.717) is 16.7 Å². The van der Waals surface area contributed by atoms with E-state index in [4.69, 9.17) is 6.42 Å². The maximum atomic E-state index is 10.8. The minimum atomic E-state index is 0.497. The van der Waals surface area contributed by atoms with E-state index in [2.05, 4.69) is 17.1 Å². The fourth-order valence-corrected chi connectivity index (χ4v) is 1.25. The Morgan fingerprint density at radius 3 is 2.71 bits per heavy atom. The zero-order chi connectivity index (χ0) is 10.4. The third-order valence-corrected chi connectivity index (χ3v) is 1.97. The minimum absolute atomic E-state index is 0.497. The molecule has 68 valence electrons. The lowest BCUT2D eigenvalue weighted by molar-refractivity contribution is 0.112. The summed E-state index contributed by atoms with van der Waals surface area (Å²) >= 11 is 1.40. The van der Waals surface area contributed by atoms with Crippen molar-refractivity contribution in [3.05, 3.63) is 34.9 Å². The van der Waals surface area contributed by atoms with Crippen LogP contribution in [0, 0.1) is 23.5 Å². The zero-order valence-corrected chi connectivity index (χ0v) is 8.52. The van der Waals surface area contributed by atoms with Gasteiger partial charge in [0.05, 0.1) is 0 Å². The fraction of sp³-hybridized carbons (Fsp3) is 0.0833. The largest absolute Gasteiger partial charge is 0.298 e. The molecule has 0 aliphatic carbocycles. The molecule has 0 heterocycles. The lowest BCUT2D eigenvalue weighted by Crippen LogP contribution is -1.91. The summed E-state index contributed by atoms with van der Waals surface area (Å²) in [7, 11) is 0. The van der Waals surface area contributed by atoms with E-state index in [0.717, 1.165) is 6.29 Å². The first kappa shape index (κ1) is 10.4. The van der Waals surface area contributed by atoms with Crippen molar-refractivity contribution in [1.82, 2.24) is 0 Å². The average molecular weight is 200 g/mol. The van der Waals surface area contributed by atoms with Gasteiger partial charge in [-0.2, -0.15) is 0 Å². The molecule has 2 heteroatoms. The molecule has 14 heavy (non-hydrogen) atoms. The molecule has 0 amide bonds. The first-order chi connectivity index (χ1) is 6.83. The SMILES string of the molecule is C#Cc1cccc(C#CSC)c1C=O. The van der Waals surface area contributed by atoms with Gasteiger partial charge >= 0.3 is 0 Å². The van der Waals surface area contributed by atoms with Crippen molar-refractivity contribution < 1.29 is 4.79 Å². The van der Waals surface area contributed by atoms with Crippen LogP contribution in [-0.2, 0) is 0 Å². The maximum absolute atomic E-state index is 10.8. The average Bonchev–Trinajstić information content (AvgIpc) is 2.25. The van der Waals surface area contributed by atoms with Crippen LogP contribution in [-0.4, -0.2) is 12.5 Å². The van der Waals surface area contributed by atoms with Gasteiger partial charge in [-0.1, -0.05) is 29.7 Å². The second-order valence-electron chi connectivity index (χ2n) is 2.46. The highest BCUT2D eigenvalue weighted by Crippen LogP contribution is 2.11. The summed E-state index contributed by atoms with van der Waals surface area (Å²) in [5, 5.41) is 2.83.